The molecule has 0 fully saturated rings. The molecule has 18 heavy (non-hydrogen) atoms. The van der Waals surface area contributed by atoms with Crippen LogP contribution in [0.25, 0.3) is 5.57 Å². The predicted molar refractivity (Wildman–Crippen MR) is 76.5 cm³/mol. The molecule has 2 rings (SSSR count). The van der Waals surface area contributed by atoms with Gasteiger partial charge in [0.25, 0.3) is 0 Å². The van der Waals surface area contributed by atoms with E-state index in [9.17, 15) is 5.11 Å². The average molecular weight is 238 g/mol. The van der Waals surface area contributed by atoms with Gasteiger partial charge in [-0.2, -0.15) is 0 Å². The summed E-state index contributed by atoms with van der Waals surface area (Å²) in [5.41, 5.74) is 3.67. The molecule has 0 unspecified atom stereocenters. The van der Waals surface area contributed by atoms with Gasteiger partial charge in [0.15, 0.2) is 0 Å². The fourth-order valence-corrected chi connectivity index (χ4v) is 1.99. The summed E-state index contributed by atoms with van der Waals surface area (Å²) in [6.45, 7) is 4.13. The van der Waals surface area contributed by atoms with Crippen LogP contribution in [-0.4, -0.2) is 5.11 Å². The molecule has 0 heterocycles. The van der Waals surface area contributed by atoms with Crippen molar-refractivity contribution in [3.63, 3.8) is 0 Å². The van der Waals surface area contributed by atoms with Gasteiger partial charge < -0.3 is 5.11 Å². The quantitative estimate of drug-likeness (QED) is 0.817. The predicted octanol–water partition coefficient (Wildman–Crippen LogP) is 4.43. The molecule has 0 radical (unpaired) electrons. The van der Waals surface area contributed by atoms with Gasteiger partial charge in [0.05, 0.1) is 0 Å². The van der Waals surface area contributed by atoms with Crippen molar-refractivity contribution in [3.05, 3.63) is 72.3 Å². The first-order chi connectivity index (χ1) is 8.75. The first kappa shape index (κ1) is 12.4. The highest BCUT2D eigenvalue weighted by molar-refractivity contribution is 5.62. The van der Waals surface area contributed by atoms with E-state index >= 15 is 0 Å². The highest BCUT2D eigenvalue weighted by Crippen LogP contribution is 2.19. The third-order valence-corrected chi connectivity index (χ3v) is 3.06. The number of aromatic hydroxyl groups is 1. The first-order valence-corrected chi connectivity index (χ1v) is 6.27. The molecule has 0 spiro atoms. The molecular weight excluding hydrogens is 220 g/mol. The zero-order chi connectivity index (χ0) is 12.8. The Morgan fingerprint density at radius 3 is 2.28 bits per heavy atom. The molecular formula is C17H18O. The Labute approximate surface area is 108 Å². The van der Waals surface area contributed by atoms with Crippen LogP contribution in [0.4, 0.5) is 0 Å². The summed E-state index contributed by atoms with van der Waals surface area (Å²) in [4.78, 5) is 0. The summed E-state index contributed by atoms with van der Waals surface area (Å²) < 4.78 is 0. The second-order valence-corrected chi connectivity index (χ2v) is 4.49. The lowest BCUT2D eigenvalue weighted by molar-refractivity contribution is 0.475. The molecule has 2 aromatic rings. The van der Waals surface area contributed by atoms with E-state index in [1.165, 1.54) is 16.7 Å². The van der Waals surface area contributed by atoms with Crippen LogP contribution in [0.2, 0.25) is 0 Å². The van der Waals surface area contributed by atoms with Gasteiger partial charge in [-0.1, -0.05) is 49.0 Å². The Bertz CT molecular complexity index is 497. The zero-order valence-corrected chi connectivity index (χ0v) is 10.5. The molecule has 0 aliphatic carbocycles. The minimum atomic E-state index is 0.326. The van der Waals surface area contributed by atoms with Crippen molar-refractivity contribution in [3.8, 4) is 5.75 Å². The van der Waals surface area contributed by atoms with Crippen LogP contribution in [0, 0.1) is 0 Å². The summed E-state index contributed by atoms with van der Waals surface area (Å²) >= 11 is 0. The van der Waals surface area contributed by atoms with Gasteiger partial charge in [0.1, 0.15) is 5.75 Å². The van der Waals surface area contributed by atoms with E-state index in [2.05, 4.69) is 18.7 Å². The second-order valence-electron chi connectivity index (χ2n) is 4.49. The summed E-state index contributed by atoms with van der Waals surface area (Å²) in [5.74, 6) is 0.326. The highest BCUT2D eigenvalue weighted by atomic mass is 16.3. The van der Waals surface area contributed by atoms with Crippen molar-refractivity contribution in [2.45, 2.75) is 19.3 Å². The van der Waals surface area contributed by atoms with Crippen molar-refractivity contribution in [1.82, 2.24) is 0 Å². The number of benzene rings is 2. The lowest BCUT2D eigenvalue weighted by Crippen LogP contribution is -1.87. The lowest BCUT2D eigenvalue weighted by Gasteiger charge is -2.06. The number of phenols is 1. The smallest absolute Gasteiger partial charge is 0.115 e. The van der Waals surface area contributed by atoms with E-state index in [4.69, 9.17) is 0 Å². The molecule has 0 saturated heterocycles. The van der Waals surface area contributed by atoms with Gasteiger partial charge in [-0.25, -0.2) is 0 Å². The topological polar surface area (TPSA) is 20.2 Å². The Balaban J connectivity index is 1.82. The number of allylic oxidation sites excluding steroid dienone is 1. The van der Waals surface area contributed by atoms with Crippen molar-refractivity contribution in [2.24, 2.45) is 0 Å². The molecule has 92 valence electrons. The number of hydrogen-bond acceptors (Lipinski definition) is 1. The Morgan fingerprint density at radius 1 is 0.944 bits per heavy atom. The third-order valence-electron chi connectivity index (χ3n) is 3.06. The molecule has 1 nitrogen and oxygen atoms in total. The Kier molecular flexibility index (Phi) is 4.19. The van der Waals surface area contributed by atoms with Crippen LogP contribution in [0.5, 0.6) is 5.75 Å². The van der Waals surface area contributed by atoms with Crippen LogP contribution < -0.4 is 0 Å². The molecule has 0 aliphatic rings. The molecule has 0 atom stereocenters. The SMILES string of the molecule is C=C(CCCc1ccc(O)cc1)c1ccccc1. The number of phenolic OH excluding ortho intramolecular Hbond substituents is 1. The molecule has 0 bridgehead atoms. The highest BCUT2D eigenvalue weighted by Gasteiger charge is 1.99. The summed E-state index contributed by atoms with van der Waals surface area (Å²) in [7, 11) is 0. The summed E-state index contributed by atoms with van der Waals surface area (Å²) in [6.07, 6.45) is 3.11. The van der Waals surface area contributed by atoms with Gasteiger partial charge in [-0.3, -0.25) is 0 Å². The fraction of sp³-hybridized carbons (Fsp3) is 0.176. The molecule has 1 N–H and O–H groups in total. The van der Waals surface area contributed by atoms with Crippen LogP contribution in [0.3, 0.4) is 0 Å². The van der Waals surface area contributed by atoms with Gasteiger partial charge in [-0.15, -0.1) is 0 Å². The average Bonchev–Trinajstić information content (AvgIpc) is 2.42. The van der Waals surface area contributed by atoms with Crippen molar-refractivity contribution < 1.29 is 5.11 Å². The standard InChI is InChI=1S/C17H18O/c1-14(16-8-3-2-4-9-16)6-5-7-15-10-12-17(18)13-11-15/h2-4,8-13,18H,1,5-7H2. The van der Waals surface area contributed by atoms with E-state index in [1.54, 1.807) is 12.1 Å². The van der Waals surface area contributed by atoms with Crippen molar-refractivity contribution in [2.75, 3.05) is 0 Å². The molecule has 0 amide bonds. The van der Waals surface area contributed by atoms with E-state index in [-0.39, 0.29) is 0 Å². The van der Waals surface area contributed by atoms with Crippen LogP contribution >= 0.6 is 0 Å². The maximum Gasteiger partial charge on any atom is 0.115 e. The third kappa shape index (κ3) is 3.49. The minimum Gasteiger partial charge on any atom is -0.508 e. The normalized spacial score (nSPS) is 10.2. The molecule has 0 aromatic heterocycles. The minimum absolute atomic E-state index is 0.326. The monoisotopic (exact) mass is 238 g/mol. The van der Waals surface area contributed by atoms with Gasteiger partial charge in [-0.05, 0) is 48.1 Å². The summed E-state index contributed by atoms with van der Waals surface area (Å²) in [5, 5.41) is 9.20. The maximum absolute atomic E-state index is 9.20. The number of aryl methyl sites for hydroxylation is 1. The van der Waals surface area contributed by atoms with E-state index in [1.807, 2.05) is 30.3 Å². The van der Waals surface area contributed by atoms with Gasteiger partial charge in [0, 0.05) is 0 Å². The van der Waals surface area contributed by atoms with Gasteiger partial charge in [0.2, 0.25) is 0 Å². The Hall–Kier alpha value is -2.02. The van der Waals surface area contributed by atoms with Crippen molar-refractivity contribution >= 4 is 5.57 Å². The molecule has 1 heteroatoms. The fourth-order valence-electron chi connectivity index (χ4n) is 1.99. The second kappa shape index (κ2) is 6.06. The van der Waals surface area contributed by atoms with Crippen LogP contribution in [0.1, 0.15) is 24.0 Å². The van der Waals surface area contributed by atoms with Crippen molar-refractivity contribution in [1.29, 1.82) is 0 Å². The zero-order valence-electron chi connectivity index (χ0n) is 10.5. The number of rotatable bonds is 5. The maximum atomic E-state index is 9.20. The Morgan fingerprint density at radius 2 is 1.61 bits per heavy atom. The van der Waals surface area contributed by atoms with Gasteiger partial charge >= 0.3 is 0 Å². The molecule has 0 saturated carbocycles. The molecule has 0 aliphatic heterocycles. The molecule has 2 aromatic carbocycles. The van der Waals surface area contributed by atoms with E-state index < -0.39 is 0 Å². The van der Waals surface area contributed by atoms with E-state index in [0.29, 0.717) is 5.75 Å². The van der Waals surface area contributed by atoms with Crippen LogP contribution in [-0.2, 0) is 6.42 Å². The largest absolute Gasteiger partial charge is 0.508 e. The van der Waals surface area contributed by atoms with E-state index in [0.717, 1.165) is 19.3 Å². The number of hydrogen-bond donors (Lipinski definition) is 1. The van der Waals surface area contributed by atoms with Crippen LogP contribution in [0.15, 0.2) is 61.2 Å². The first-order valence-electron chi connectivity index (χ1n) is 6.27. The lowest BCUT2D eigenvalue weighted by atomic mass is 10.00. The summed E-state index contributed by atoms with van der Waals surface area (Å²) in [6, 6.07) is 17.7.